The largest absolute Gasteiger partial charge is 0.103 e. The summed E-state index contributed by atoms with van der Waals surface area (Å²) in [5, 5.41) is 0. The Labute approximate surface area is 463 Å². The lowest BCUT2D eigenvalue weighted by atomic mass is 9.68. The van der Waals surface area contributed by atoms with Gasteiger partial charge in [-0.1, -0.05) is 112 Å². The molecular formula is C72H138. The van der Waals surface area contributed by atoms with Crippen molar-refractivity contribution in [3.8, 4) is 0 Å². The highest BCUT2D eigenvalue weighted by Gasteiger charge is 2.33. The van der Waals surface area contributed by atoms with Crippen molar-refractivity contribution >= 4 is 0 Å². The van der Waals surface area contributed by atoms with Crippen molar-refractivity contribution in [2.75, 3.05) is 0 Å². The van der Waals surface area contributed by atoms with Gasteiger partial charge in [0.1, 0.15) is 0 Å². The van der Waals surface area contributed by atoms with E-state index in [1.165, 1.54) is 212 Å². The summed E-state index contributed by atoms with van der Waals surface area (Å²) in [5.41, 5.74) is 0. The molecule has 8 aliphatic carbocycles. The van der Waals surface area contributed by atoms with E-state index >= 15 is 0 Å². The van der Waals surface area contributed by atoms with Crippen LogP contribution in [0.5, 0.6) is 0 Å². The first-order valence-corrected chi connectivity index (χ1v) is 32.7. The number of allylic oxidation sites excluding steroid dienone is 11. The molecule has 0 radical (unpaired) electrons. The SMILES string of the molecule is C/C=C/C1CCC(C2CCC(/C=C/C)CC2)CC1.C/C=C/CC1CCC(C2CCC(CCCCC)CC2)CC1.C=CC1CCC(C2CCC(/C=C/C)CC2)CC1.C=CC1CCC(C2CCC(C=C)CC2)CC1.[HH].[HH].[HH].[HH].[HH].[HH].[HH].[HH]. The van der Waals surface area contributed by atoms with E-state index in [1.54, 1.807) is 25.7 Å². The van der Waals surface area contributed by atoms with E-state index in [0.29, 0.717) is 0 Å². The maximum atomic E-state index is 3.94. The Bertz CT molecular complexity index is 1450. The Hall–Kier alpha value is -1.82. The smallest absolute Gasteiger partial charge is 0 e. The molecule has 8 aliphatic rings. The highest BCUT2D eigenvalue weighted by atomic mass is 14.4. The number of hydrogen-bond acceptors (Lipinski definition) is 0. The Morgan fingerprint density at radius 2 is 0.556 bits per heavy atom. The second-order valence-corrected chi connectivity index (χ2v) is 26.2. The lowest BCUT2D eigenvalue weighted by Crippen LogP contribution is -2.25. The Morgan fingerprint density at radius 3 is 0.792 bits per heavy atom. The maximum Gasteiger partial charge on any atom is 0 e. The third-order valence-corrected chi connectivity index (χ3v) is 21.7. The fourth-order valence-corrected chi connectivity index (χ4v) is 16.7. The molecule has 0 unspecified atom stereocenters. The van der Waals surface area contributed by atoms with E-state index in [-0.39, 0.29) is 11.4 Å². The normalized spacial score (nSPS) is 37.9. The van der Waals surface area contributed by atoms with Crippen LogP contribution in [0, 0.1) is 94.7 Å². The van der Waals surface area contributed by atoms with Gasteiger partial charge in [0.2, 0.25) is 0 Å². The molecule has 0 amide bonds. The second-order valence-electron chi connectivity index (χ2n) is 26.2. The van der Waals surface area contributed by atoms with Gasteiger partial charge in [0.25, 0.3) is 0 Å². The van der Waals surface area contributed by atoms with Gasteiger partial charge in [-0.3, -0.25) is 0 Å². The van der Waals surface area contributed by atoms with Crippen LogP contribution in [-0.4, -0.2) is 0 Å². The Kier molecular flexibility index (Phi) is 30.7. The van der Waals surface area contributed by atoms with Gasteiger partial charge < -0.3 is 0 Å². The van der Waals surface area contributed by atoms with E-state index in [1.807, 2.05) is 0 Å². The summed E-state index contributed by atoms with van der Waals surface area (Å²) in [5.74, 6) is 15.7. The minimum atomic E-state index is 0. The quantitative estimate of drug-likeness (QED) is 0.107. The molecule has 72 heavy (non-hydrogen) atoms. The second kappa shape index (κ2) is 36.3. The average molecular weight is 1000 g/mol. The zero-order chi connectivity index (χ0) is 51.2. The maximum absolute atomic E-state index is 3.94. The van der Waals surface area contributed by atoms with Crippen LogP contribution >= 0.6 is 0 Å². The molecule has 426 valence electrons. The predicted molar refractivity (Wildman–Crippen MR) is 339 cm³/mol. The molecule has 8 rings (SSSR count). The van der Waals surface area contributed by atoms with Gasteiger partial charge in [0, 0.05) is 11.4 Å². The molecule has 0 aromatic heterocycles. The van der Waals surface area contributed by atoms with E-state index in [0.717, 1.165) is 94.7 Å². The monoisotopic (exact) mass is 1000 g/mol. The molecule has 8 fully saturated rings. The molecule has 0 saturated heterocycles. The van der Waals surface area contributed by atoms with E-state index in [9.17, 15) is 0 Å². The molecule has 8 saturated carbocycles. The lowest BCUT2D eigenvalue weighted by Gasteiger charge is -2.37. The van der Waals surface area contributed by atoms with Crippen LogP contribution in [0.4, 0.5) is 0 Å². The van der Waals surface area contributed by atoms with Gasteiger partial charge in [-0.15, -0.1) is 19.7 Å². The fourth-order valence-electron chi connectivity index (χ4n) is 16.7. The van der Waals surface area contributed by atoms with Crippen LogP contribution in [0.25, 0.3) is 0 Å². The molecular weight excluding hydrogens is 865 g/mol. The van der Waals surface area contributed by atoms with Crippen LogP contribution in [0.15, 0.2) is 86.6 Å². The first-order valence-electron chi connectivity index (χ1n) is 32.7. The molecule has 0 heterocycles. The van der Waals surface area contributed by atoms with Crippen LogP contribution in [0.2, 0.25) is 0 Å². The molecule has 0 heteroatoms. The van der Waals surface area contributed by atoms with E-state index in [4.69, 9.17) is 0 Å². The summed E-state index contributed by atoms with van der Waals surface area (Å²) in [4.78, 5) is 0. The summed E-state index contributed by atoms with van der Waals surface area (Å²) in [6.45, 7) is 22.8. The Morgan fingerprint density at radius 1 is 0.306 bits per heavy atom. The van der Waals surface area contributed by atoms with Crippen LogP contribution in [0.1, 0.15) is 284 Å². The fraction of sp³-hybridized carbons (Fsp3) is 0.806. The number of hydrogen-bond donors (Lipinski definition) is 0. The molecule has 0 aliphatic heterocycles. The summed E-state index contributed by atoms with van der Waals surface area (Å²) < 4.78 is 0. The van der Waals surface area contributed by atoms with Crippen LogP contribution < -0.4 is 0 Å². The summed E-state index contributed by atoms with van der Waals surface area (Å²) in [7, 11) is 0. The van der Waals surface area contributed by atoms with Gasteiger partial charge in [0.05, 0.1) is 0 Å². The van der Waals surface area contributed by atoms with E-state index < -0.39 is 0 Å². The third kappa shape index (κ3) is 22.0. The summed E-state index contributed by atoms with van der Waals surface area (Å²) >= 11 is 0. The minimum Gasteiger partial charge on any atom is -0.103 e. The summed E-state index contributed by atoms with van der Waals surface area (Å²) in [6, 6.07) is 0. The van der Waals surface area contributed by atoms with Gasteiger partial charge >= 0.3 is 0 Å². The van der Waals surface area contributed by atoms with Crippen molar-refractivity contribution in [2.45, 2.75) is 272 Å². The first kappa shape index (κ1) is 61.0. The van der Waals surface area contributed by atoms with Gasteiger partial charge in [0.15, 0.2) is 0 Å². The summed E-state index contributed by atoms with van der Waals surface area (Å²) in [6.07, 6.45) is 79.4. The topological polar surface area (TPSA) is 0 Å². The zero-order valence-electron chi connectivity index (χ0n) is 48.9. The number of rotatable bonds is 16. The van der Waals surface area contributed by atoms with Crippen molar-refractivity contribution in [1.29, 1.82) is 0 Å². The number of unbranched alkanes of at least 4 members (excludes halogenated alkanes) is 2. The third-order valence-electron chi connectivity index (χ3n) is 21.7. The lowest BCUT2D eigenvalue weighted by molar-refractivity contribution is 0.143. The van der Waals surface area contributed by atoms with Gasteiger partial charge in [-0.05, 0) is 321 Å². The first-order chi connectivity index (χ1) is 35.3. The standard InChI is InChI=1S/C21H38.C18H30.C17H28.C16H26.8H2/c1-3-5-7-9-19-12-16-21(17-13-19)20-14-10-18(11-15-20)8-6-4-2;1-3-5-15-7-11-17(12-8-15)18-13-9-16(6-4-2)10-14-18;1-3-5-15-8-12-17(13-9-15)16-10-6-14(4-2)7-11-16;1-3-13-5-9-15(10-6-13)16-11-7-14(4-2)8-12-16;;;;;;;;/h4,6,18-21H,3,5,7-17H2,1-2H3;3-6,15-18H,7-14H2,1-2H3;3-5,14-17H,2,6-13H2,1H3;3-4,13-16H,1-2,5-12H2;8*1H/b6-4+;5-3+,6-4+;5-3+;;;;;;;;;. The van der Waals surface area contributed by atoms with Crippen molar-refractivity contribution in [1.82, 2.24) is 0 Å². The highest BCUT2D eigenvalue weighted by molar-refractivity contribution is 4.96. The van der Waals surface area contributed by atoms with Crippen molar-refractivity contribution in [2.24, 2.45) is 94.7 Å². The zero-order valence-corrected chi connectivity index (χ0v) is 48.9. The van der Waals surface area contributed by atoms with Crippen molar-refractivity contribution < 1.29 is 11.4 Å². The molecule has 0 aromatic carbocycles. The van der Waals surface area contributed by atoms with Crippen LogP contribution in [-0.2, 0) is 0 Å². The van der Waals surface area contributed by atoms with Crippen LogP contribution in [0.3, 0.4) is 0 Å². The Balaban J connectivity index is -0.000000468. The molecule has 0 N–H and O–H groups in total. The van der Waals surface area contributed by atoms with Gasteiger partial charge in [-0.25, -0.2) is 0 Å². The molecule has 0 bridgehead atoms. The van der Waals surface area contributed by atoms with Crippen molar-refractivity contribution in [3.05, 3.63) is 86.6 Å². The van der Waals surface area contributed by atoms with Crippen molar-refractivity contribution in [3.63, 3.8) is 0 Å². The molecule has 0 atom stereocenters. The predicted octanol–water partition coefficient (Wildman–Crippen LogP) is 25.2. The highest BCUT2D eigenvalue weighted by Crippen LogP contribution is 2.46. The minimum absolute atomic E-state index is 0. The molecule has 0 spiro atoms. The average Bonchev–Trinajstić information content (AvgIpc) is 3.44. The molecule has 0 aromatic rings. The van der Waals surface area contributed by atoms with Gasteiger partial charge in [-0.2, -0.15) is 0 Å². The van der Waals surface area contributed by atoms with E-state index in [2.05, 4.69) is 121 Å². The molecule has 0 nitrogen and oxygen atoms in total.